The first-order valence-electron chi connectivity index (χ1n) is 7.82. The van der Waals surface area contributed by atoms with Crippen molar-refractivity contribution in [1.29, 1.82) is 0 Å². The number of nitrogens with zero attached hydrogens (tertiary/aromatic N) is 3. The molecule has 3 rings (SSSR count). The van der Waals surface area contributed by atoms with E-state index in [1.165, 1.54) is 10.4 Å². The first-order valence-corrected chi connectivity index (χ1v) is 8.70. The number of aliphatic imine (C=N–C) groups is 1. The largest absolute Gasteiger partial charge is 0.352 e. The fraction of sp³-hybridized carbons (Fsp3) is 0.222. The highest BCUT2D eigenvalue weighted by Crippen LogP contribution is 2.14. The maximum absolute atomic E-state index is 4.41. The first-order chi connectivity index (χ1) is 11.8. The molecular weight excluding hydrogens is 445 g/mol. The lowest BCUT2D eigenvalue weighted by Crippen LogP contribution is -2.36. The van der Waals surface area contributed by atoms with E-state index in [9.17, 15) is 0 Å². The number of aromatic nitrogens is 2. The van der Waals surface area contributed by atoms with Crippen LogP contribution in [0.25, 0.3) is 5.69 Å². The van der Waals surface area contributed by atoms with Crippen molar-refractivity contribution < 1.29 is 0 Å². The Morgan fingerprint density at radius 2 is 1.92 bits per heavy atom. The van der Waals surface area contributed by atoms with Gasteiger partial charge in [0, 0.05) is 30.2 Å². The average molecular weight is 467 g/mol. The second-order valence-corrected chi connectivity index (χ2v) is 6.44. The fourth-order valence-electron chi connectivity index (χ4n) is 2.33. The third-order valence-electron chi connectivity index (χ3n) is 3.72. The van der Waals surface area contributed by atoms with Gasteiger partial charge in [-0.25, -0.2) is 4.68 Å². The number of guanidine groups is 1. The van der Waals surface area contributed by atoms with Gasteiger partial charge in [0.25, 0.3) is 0 Å². The van der Waals surface area contributed by atoms with Crippen molar-refractivity contribution >= 4 is 41.3 Å². The van der Waals surface area contributed by atoms with E-state index in [-0.39, 0.29) is 24.0 Å². The van der Waals surface area contributed by atoms with Gasteiger partial charge < -0.3 is 10.6 Å². The minimum absolute atomic E-state index is 0. The Morgan fingerprint density at radius 1 is 1.16 bits per heavy atom. The van der Waals surface area contributed by atoms with Gasteiger partial charge in [0.1, 0.15) is 0 Å². The summed E-state index contributed by atoms with van der Waals surface area (Å²) < 4.78 is 1.88. The predicted molar refractivity (Wildman–Crippen MR) is 115 cm³/mol. The van der Waals surface area contributed by atoms with Gasteiger partial charge >= 0.3 is 0 Å². The number of rotatable bonds is 5. The fourth-order valence-corrected chi connectivity index (χ4v) is 3.17. The van der Waals surface area contributed by atoms with Crippen LogP contribution in [0, 0.1) is 6.92 Å². The zero-order valence-corrected chi connectivity index (χ0v) is 17.4. The molecule has 2 aromatic heterocycles. The van der Waals surface area contributed by atoms with E-state index in [1.807, 2.05) is 47.4 Å². The molecule has 0 saturated heterocycles. The molecule has 0 aliphatic carbocycles. The summed E-state index contributed by atoms with van der Waals surface area (Å²) in [5, 5.41) is 13.2. The third-order valence-corrected chi connectivity index (χ3v) is 4.75. The van der Waals surface area contributed by atoms with E-state index < -0.39 is 0 Å². The van der Waals surface area contributed by atoms with E-state index in [4.69, 9.17) is 0 Å². The van der Waals surface area contributed by atoms with Crippen LogP contribution in [0.2, 0.25) is 0 Å². The van der Waals surface area contributed by atoms with Crippen molar-refractivity contribution in [2.45, 2.75) is 20.0 Å². The molecule has 2 N–H and O–H groups in total. The van der Waals surface area contributed by atoms with E-state index in [2.05, 4.69) is 39.1 Å². The smallest absolute Gasteiger partial charge is 0.191 e. The normalized spacial score (nSPS) is 11.0. The Hall–Kier alpha value is -1.87. The molecule has 0 spiro atoms. The molecule has 1 aromatic carbocycles. The highest BCUT2D eigenvalue weighted by molar-refractivity contribution is 14.0. The molecule has 0 bridgehead atoms. The Morgan fingerprint density at radius 3 is 2.60 bits per heavy atom. The van der Waals surface area contributed by atoms with Crippen LogP contribution in [0.15, 0.2) is 59.2 Å². The lowest BCUT2D eigenvalue weighted by Gasteiger charge is -2.10. The van der Waals surface area contributed by atoms with Crippen LogP contribution in [0.3, 0.4) is 0 Å². The van der Waals surface area contributed by atoms with Crippen LogP contribution in [0.5, 0.6) is 0 Å². The second-order valence-electron chi connectivity index (χ2n) is 5.43. The standard InChI is InChI=1S/C18H21N5S.HI/c1-14-8-9-24-17(14)12-21-18(19-2)20-10-15-11-22-23(13-15)16-6-4-3-5-7-16;/h3-9,11,13H,10,12H2,1-2H3,(H2,19,20,21);1H. The minimum Gasteiger partial charge on any atom is -0.352 e. The molecule has 0 saturated carbocycles. The molecule has 2 heterocycles. The number of nitrogens with one attached hydrogen (secondary N) is 2. The Balaban J connectivity index is 0.00000225. The Labute approximate surface area is 169 Å². The molecule has 132 valence electrons. The average Bonchev–Trinajstić information content (AvgIpc) is 3.25. The molecule has 0 radical (unpaired) electrons. The summed E-state index contributed by atoms with van der Waals surface area (Å²) in [6.07, 6.45) is 3.90. The molecular formula is C18H22IN5S. The lowest BCUT2D eigenvalue weighted by atomic mass is 10.3. The number of para-hydroxylation sites is 1. The predicted octanol–water partition coefficient (Wildman–Crippen LogP) is 3.73. The third kappa shape index (κ3) is 5.30. The van der Waals surface area contributed by atoms with Crippen LogP contribution in [-0.2, 0) is 13.1 Å². The molecule has 25 heavy (non-hydrogen) atoms. The molecule has 0 aliphatic heterocycles. The quantitative estimate of drug-likeness (QED) is 0.342. The van der Waals surface area contributed by atoms with Crippen molar-refractivity contribution in [3.05, 3.63) is 70.2 Å². The van der Waals surface area contributed by atoms with Gasteiger partial charge in [-0.15, -0.1) is 35.3 Å². The van der Waals surface area contributed by atoms with Crippen LogP contribution < -0.4 is 10.6 Å². The van der Waals surface area contributed by atoms with Gasteiger partial charge in [0.15, 0.2) is 5.96 Å². The summed E-state index contributed by atoms with van der Waals surface area (Å²) >= 11 is 1.76. The van der Waals surface area contributed by atoms with Gasteiger partial charge in [0.05, 0.1) is 18.4 Å². The van der Waals surface area contributed by atoms with Gasteiger partial charge in [0.2, 0.25) is 0 Å². The van der Waals surface area contributed by atoms with Crippen LogP contribution in [-0.4, -0.2) is 22.8 Å². The highest BCUT2D eigenvalue weighted by Gasteiger charge is 2.04. The summed E-state index contributed by atoms with van der Waals surface area (Å²) in [5.41, 5.74) is 3.47. The molecule has 0 aliphatic rings. The van der Waals surface area contributed by atoms with Crippen molar-refractivity contribution in [1.82, 2.24) is 20.4 Å². The topological polar surface area (TPSA) is 54.2 Å². The number of aryl methyl sites for hydroxylation is 1. The van der Waals surface area contributed by atoms with Crippen molar-refractivity contribution in [2.75, 3.05) is 7.05 Å². The van der Waals surface area contributed by atoms with Crippen LogP contribution >= 0.6 is 35.3 Å². The van der Waals surface area contributed by atoms with Gasteiger partial charge in [-0.3, -0.25) is 4.99 Å². The zero-order chi connectivity index (χ0) is 16.8. The Bertz CT molecular complexity index is 810. The number of halogens is 1. The van der Waals surface area contributed by atoms with E-state index in [0.717, 1.165) is 23.8 Å². The van der Waals surface area contributed by atoms with Crippen molar-refractivity contribution in [2.24, 2.45) is 4.99 Å². The monoisotopic (exact) mass is 467 g/mol. The molecule has 3 aromatic rings. The zero-order valence-electron chi connectivity index (χ0n) is 14.3. The van der Waals surface area contributed by atoms with Gasteiger partial charge in [-0.1, -0.05) is 18.2 Å². The van der Waals surface area contributed by atoms with E-state index >= 15 is 0 Å². The van der Waals surface area contributed by atoms with Gasteiger partial charge in [-0.05, 0) is 36.1 Å². The van der Waals surface area contributed by atoms with Crippen molar-refractivity contribution in [3.63, 3.8) is 0 Å². The maximum Gasteiger partial charge on any atom is 0.191 e. The van der Waals surface area contributed by atoms with Crippen LogP contribution in [0.4, 0.5) is 0 Å². The summed E-state index contributed by atoms with van der Waals surface area (Å²) in [5.74, 6) is 0.787. The summed E-state index contributed by atoms with van der Waals surface area (Å²) in [4.78, 5) is 5.60. The SMILES string of the molecule is CN=C(NCc1cnn(-c2ccccc2)c1)NCc1sccc1C.I. The number of hydrogen-bond donors (Lipinski definition) is 2. The first kappa shape index (κ1) is 19.5. The molecule has 0 atom stereocenters. The molecule has 0 amide bonds. The number of hydrogen-bond acceptors (Lipinski definition) is 3. The maximum atomic E-state index is 4.41. The highest BCUT2D eigenvalue weighted by atomic mass is 127. The van der Waals surface area contributed by atoms with Crippen molar-refractivity contribution in [3.8, 4) is 5.69 Å². The second kappa shape index (κ2) is 9.57. The molecule has 5 nitrogen and oxygen atoms in total. The summed E-state index contributed by atoms with van der Waals surface area (Å²) in [7, 11) is 1.78. The lowest BCUT2D eigenvalue weighted by molar-refractivity contribution is 0.812. The molecule has 0 unspecified atom stereocenters. The van der Waals surface area contributed by atoms with E-state index in [0.29, 0.717) is 6.54 Å². The Kier molecular flexibility index (Phi) is 7.45. The summed E-state index contributed by atoms with van der Waals surface area (Å²) in [6, 6.07) is 12.2. The number of benzene rings is 1. The van der Waals surface area contributed by atoms with Gasteiger partial charge in [-0.2, -0.15) is 5.10 Å². The molecule has 7 heteroatoms. The number of thiophene rings is 1. The van der Waals surface area contributed by atoms with E-state index in [1.54, 1.807) is 18.4 Å². The summed E-state index contributed by atoms with van der Waals surface area (Å²) in [6.45, 7) is 3.59. The van der Waals surface area contributed by atoms with Crippen LogP contribution in [0.1, 0.15) is 16.0 Å². The molecule has 0 fully saturated rings. The minimum atomic E-state index is 0.